The second-order valence-electron chi connectivity index (χ2n) is 3.77. The summed E-state index contributed by atoms with van der Waals surface area (Å²) in [5.74, 6) is 0. The first-order valence-corrected chi connectivity index (χ1v) is 5.48. The van der Waals surface area contributed by atoms with Gasteiger partial charge in [0.25, 0.3) is 0 Å². The van der Waals surface area contributed by atoms with Crippen LogP contribution >= 0.6 is 0 Å². The van der Waals surface area contributed by atoms with Gasteiger partial charge in [-0.2, -0.15) is 0 Å². The van der Waals surface area contributed by atoms with E-state index in [0.29, 0.717) is 0 Å². The van der Waals surface area contributed by atoms with Gasteiger partial charge in [-0.05, 0) is 25.6 Å². The third kappa shape index (κ3) is 2.46. The van der Waals surface area contributed by atoms with E-state index in [4.69, 9.17) is 0 Å². The van der Waals surface area contributed by atoms with Crippen molar-refractivity contribution in [2.45, 2.75) is 20.4 Å². The molecule has 0 radical (unpaired) electrons. The summed E-state index contributed by atoms with van der Waals surface area (Å²) >= 11 is 0. The molecule has 0 fully saturated rings. The molecule has 0 bridgehead atoms. The Hall–Kier alpha value is -1.68. The third-order valence-corrected chi connectivity index (χ3v) is 2.40. The smallest absolute Gasteiger partial charge is 0.0969 e. The van der Waals surface area contributed by atoms with E-state index in [9.17, 15) is 0 Å². The molecule has 1 heterocycles. The molecule has 0 aliphatic carbocycles. The summed E-state index contributed by atoms with van der Waals surface area (Å²) in [7, 11) is 0. The number of aromatic nitrogens is 3. The summed E-state index contributed by atoms with van der Waals surface area (Å²) < 4.78 is 1.80. The fourth-order valence-corrected chi connectivity index (χ4v) is 1.46. The minimum Gasteiger partial charge on any atom is -0.311 e. The molecule has 1 N–H and O–H groups in total. The van der Waals surface area contributed by atoms with E-state index in [1.807, 2.05) is 18.3 Å². The maximum atomic E-state index is 4.10. The topological polar surface area (TPSA) is 42.7 Å². The Morgan fingerprint density at radius 3 is 2.69 bits per heavy atom. The fraction of sp³-hybridized carbons (Fsp3) is 0.333. The summed E-state index contributed by atoms with van der Waals surface area (Å²) in [4.78, 5) is 0. The monoisotopic (exact) mass is 216 g/mol. The minimum atomic E-state index is 0.766. The Kier molecular flexibility index (Phi) is 3.31. The van der Waals surface area contributed by atoms with Crippen LogP contribution in [0.4, 0.5) is 0 Å². The second kappa shape index (κ2) is 4.90. The lowest BCUT2D eigenvalue weighted by molar-refractivity contribution is 0.705. The van der Waals surface area contributed by atoms with Crippen LogP contribution in [-0.4, -0.2) is 21.5 Å². The van der Waals surface area contributed by atoms with Gasteiger partial charge in [0.15, 0.2) is 0 Å². The summed E-state index contributed by atoms with van der Waals surface area (Å²) in [6.07, 6.45) is 1.95. The van der Waals surface area contributed by atoms with Gasteiger partial charge in [0.05, 0.1) is 17.6 Å². The Morgan fingerprint density at radius 1 is 1.25 bits per heavy atom. The highest BCUT2D eigenvalue weighted by atomic mass is 15.4. The van der Waals surface area contributed by atoms with Crippen LogP contribution in [0.1, 0.15) is 18.2 Å². The van der Waals surface area contributed by atoms with E-state index in [0.717, 1.165) is 24.5 Å². The molecular formula is C12H16N4. The number of aryl methyl sites for hydroxylation is 1. The Bertz CT molecular complexity index is 444. The maximum Gasteiger partial charge on any atom is 0.0969 e. The SMILES string of the molecule is CCNCc1cn(-c2ccc(C)cc2)nn1. The number of nitrogens with one attached hydrogen (secondary N) is 1. The number of benzene rings is 1. The maximum absolute atomic E-state index is 4.10. The summed E-state index contributed by atoms with van der Waals surface area (Å²) in [6.45, 7) is 5.85. The van der Waals surface area contributed by atoms with E-state index in [-0.39, 0.29) is 0 Å². The zero-order valence-corrected chi connectivity index (χ0v) is 9.64. The lowest BCUT2D eigenvalue weighted by Gasteiger charge is -1.99. The predicted molar refractivity (Wildman–Crippen MR) is 63.5 cm³/mol. The highest BCUT2D eigenvalue weighted by molar-refractivity contribution is 5.33. The van der Waals surface area contributed by atoms with Crippen molar-refractivity contribution >= 4 is 0 Å². The van der Waals surface area contributed by atoms with Crippen LogP contribution in [0, 0.1) is 6.92 Å². The zero-order chi connectivity index (χ0) is 11.4. The second-order valence-corrected chi connectivity index (χ2v) is 3.77. The molecule has 0 aliphatic rings. The van der Waals surface area contributed by atoms with Crippen LogP contribution in [0.5, 0.6) is 0 Å². The Balaban J connectivity index is 2.15. The average molecular weight is 216 g/mol. The molecule has 16 heavy (non-hydrogen) atoms. The Labute approximate surface area is 95.3 Å². The van der Waals surface area contributed by atoms with Crippen LogP contribution < -0.4 is 5.32 Å². The molecule has 4 heteroatoms. The minimum absolute atomic E-state index is 0.766. The first kappa shape index (κ1) is 10.8. The normalized spacial score (nSPS) is 10.6. The first-order valence-electron chi connectivity index (χ1n) is 5.48. The van der Waals surface area contributed by atoms with Gasteiger partial charge >= 0.3 is 0 Å². The molecule has 0 amide bonds. The van der Waals surface area contributed by atoms with Crippen molar-refractivity contribution in [1.29, 1.82) is 0 Å². The molecule has 0 spiro atoms. The van der Waals surface area contributed by atoms with E-state index in [1.54, 1.807) is 4.68 Å². The van der Waals surface area contributed by atoms with Gasteiger partial charge in [-0.1, -0.05) is 29.8 Å². The van der Waals surface area contributed by atoms with Gasteiger partial charge in [0, 0.05) is 6.54 Å². The van der Waals surface area contributed by atoms with Gasteiger partial charge in [0.2, 0.25) is 0 Å². The van der Waals surface area contributed by atoms with Crippen molar-refractivity contribution in [2.75, 3.05) is 6.54 Å². The van der Waals surface area contributed by atoms with Crippen LogP contribution in [0.25, 0.3) is 5.69 Å². The Morgan fingerprint density at radius 2 is 2.00 bits per heavy atom. The molecule has 0 aliphatic heterocycles. The lowest BCUT2D eigenvalue weighted by atomic mass is 10.2. The molecular weight excluding hydrogens is 200 g/mol. The first-order chi connectivity index (χ1) is 7.79. The largest absolute Gasteiger partial charge is 0.311 e. The van der Waals surface area contributed by atoms with Gasteiger partial charge in [0.1, 0.15) is 0 Å². The average Bonchev–Trinajstić information content (AvgIpc) is 2.76. The standard InChI is InChI=1S/C12H16N4/c1-3-13-8-11-9-16(15-14-11)12-6-4-10(2)5-7-12/h4-7,9,13H,3,8H2,1-2H3. The molecule has 1 aromatic heterocycles. The molecule has 1 aromatic carbocycles. The number of hydrogen-bond acceptors (Lipinski definition) is 3. The van der Waals surface area contributed by atoms with E-state index >= 15 is 0 Å². The van der Waals surface area contributed by atoms with Crippen molar-refractivity contribution in [3.63, 3.8) is 0 Å². The fourth-order valence-electron chi connectivity index (χ4n) is 1.46. The highest BCUT2D eigenvalue weighted by Crippen LogP contribution is 2.08. The molecule has 2 rings (SSSR count). The number of rotatable bonds is 4. The van der Waals surface area contributed by atoms with Gasteiger partial charge in [-0.15, -0.1) is 5.10 Å². The zero-order valence-electron chi connectivity index (χ0n) is 9.64. The van der Waals surface area contributed by atoms with Crippen molar-refractivity contribution in [1.82, 2.24) is 20.3 Å². The van der Waals surface area contributed by atoms with E-state index in [1.165, 1.54) is 5.56 Å². The van der Waals surface area contributed by atoms with Crippen molar-refractivity contribution < 1.29 is 0 Å². The molecule has 0 saturated carbocycles. The van der Waals surface area contributed by atoms with Gasteiger partial charge in [-0.25, -0.2) is 4.68 Å². The van der Waals surface area contributed by atoms with Crippen molar-refractivity contribution in [3.8, 4) is 5.69 Å². The third-order valence-electron chi connectivity index (χ3n) is 2.40. The highest BCUT2D eigenvalue weighted by Gasteiger charge is 2.01. The van der Waals surface area contributed by atoms with Crippen molar-refractivity contribution in [3.05, 3.63) is 41.7 Å². The molecule has 0 unspecified atom stereocenters. The van der Waals surface area contributed by atoms with Crippen LogP contribution in [0.2, 0.25) is 0 Å². The lowest BCUT2D eigenvalue weighted by Crippen LogP contribution is -2.11. The van der Waals surface area contributed by atoms with Crippen molar-refractivity contribution in [2.24, 2.45) is 0 Å². The molecule has 84 valence electrons. The predicted octanol–water partition coefficient (Wildman–Crippen LogP) is 1.69. The summed E-state index contributed by atoms with van der Waals surface area (Å²) in [5.41, 5.74) is 3.25. The molecule has 0 saturated heterocycles. The number of nitrogens with zero attached hydrogens (tertiary/aromatic N) is 3. The van der Waals surface area contributed by atoms with Crippen LogP contribution in [-0.2, 0) is 6.54 Å². The van der Waals surface area contributed by atoms with Crippen LogP contribution in [0.3, 0.4) is 0 Å². The summed E-state index contributed by atoms with van der Waals surface area (Å²) in [5, 5.41) is 11.4. The van der Waals surface area contributed by atoms with E-state index in [2.05, 4.69) is 41.6 Å². The quantitative estimate of drug-likeness (QED) is 0.845. The van der Waals surface area contributed by atoms with Crippen LogP contribution in [0.15, 0.2) is 30.5 Å². The molecule has 2 aromatic rings. The summed E-state index contributed by atoms with van der Waals surface area (Å²) in [6, 6.07) is 8.23. The molecule has 4 nitrogen and oxygen atoms in total. The number of hydrogen-bond donors (Lipinski definition) is 1. The van der Waals surface area contributed by atoms with E-state index < -0.39 is 0 Å². The molecule has 0 atom stereocenters. The van der Waals surface area contributed by atoms with Gasteiger partial charge < -0.3 is 5.32 Å². The van der Waals surface area contributed by atoms with Gasteiger partial charge in [-0.3, -0.25) is 0 Å².